The maximum Gasteiger partial charge on any atom is 0.182 e. The normalized spacial score (nSPS) is 10.9. The summed E-state index contributed by atoms with van der Waals surface area (Å²) in [7, 11) is 1.58. The molecule has 0 unspecified atom stereocenters. The zero-order chi connectivity index (χ0) is 14.3. The average molecular weight is 325 g/mol. The Morgan fingerprint density at radius 3 is 2.70 bits per heavy atom. The van der Waals surface area contributed by atoms with Gasteiger partial charge in [-0.25, -0.2) is 0 Å². The molecule has 1 aromatic heterocycles. The summed E-state index contributed by atoms with van der Waals surface area (Å²) < 4.78 is 7.71. The fourth-order valence-corrected chi connectivity index (χ4v) is 2.86. The van der Waals surface area contributed by atoms with Gasteiger partial charge < -0.3 is 9.72 Å². The molecule has 0 aliphatic heterocycles. The Hall–Kier alpha value is -1.49. The Labute approximate surface area is 130 Å². The topological polar surface area (TPSA) is 29.9 Å². The molecule has 0 saturated carbocycles. The van der Waals surface area contributed by atoms with E-state index < -0.39 is 0 Å². The van der Waals surface area contributed by atoms with Gasteiger partial charge in [0.1, 0.15) is 5.75 Å². The van der Waals surface area contributed by atoms with Crippen LogP contribution in [0.25, 0.3) is 16.7 Å². The van der Waals surface area contributed by atoms with Gasteiger partial charge >= 0.3 is 0 Å². The molecule has 2 aromatic carbocycles. The zero-order valence-electron chi connectivity index (χ0n) is 10.5. The number of fused-ring (bicyclic) bond motifs is 1. The lowest BCUT2D eigenvalue weighted by Gasteiger charge is -2.08. The third kappa shape index (κ3) is 2.10. The van der Waals surface area contributed by atoms with Crippen molar-refractivity contribution in [2.45, 2.75) is 0 Å². The van der Waals surface area contributed by atoms with Crippen molar-refractivity contribution in [3.63, 3.8) is 0 Å². The van der Waals surface area contributed by atoms with Crippen LogP contribution in [0.1, 0.15) is 0 Å². The zero-order valence-corrected chi connectivity index (χ0v) is 12.8. The minimum Gasteiger partial charge on any atom is -0.495 e. The number of imidazole rings is 1. The molecule has 0 bridgehead atoms. The van der Waals surface area contributed by atoms with Crippen molar-refractivity contribution in [2.24, 2.45) is 0 Å². The molecule has 0 atom stereocenters. The van der Waals surface area contributed by atoms with Crippen molar-refractivity contribution >= 4 is 46.5 Å². The maximum atomic E-state index is 6.18. The number of benzene rings is 2. The molecule has 1 heterocycles. The molecular weight excluding hydrogens is 315 g/mol. The number of aromatic nitrogens is 2. The highest BCUT2D eigenvalue weighted by Crippen LogP contribution is 2.30. The lowest BCUT2D eigenvalue weighted by molar-refractivity contribution is 0.415. The second-order valence-electron chi connectivity index (χ2n) is 4.22. The summed E-state index contributed by atoms with van der Waals surface area (Å²) in [4.78, 5) is 3.12. The van der Waals surface area contributed by atoms with Crippen LogP contribution in [-0.4, -0.2) is 16.7 Å². The van der Waals surface area contributed by atoms with Gasteiger partial charge in [-0.3, -0.25) is 4.57 Å². The number of halogens is 2. The number of H-pyrrole nitrogens is 1. The minimum absolute atomic E-state index is 0.556. The standard InChI is InChI=1S/C14H10Cl2N2OS/c1-19-12-7-8(5-6-9(12)15)18-11-4-2-3-10(16)13(11)17-14(18)20/h2-7H,1H3,(H,17,20). The number of hydrogen-bond donors (Lipinski definition) is 1. The third-order valence-corrected chi connectivity index (χ3v) is 3.97. The highest BCUT2D eigenvalue weighted by Gasteiger charge is 2.10. The first-order chi connectivity index (χ1) is 9.61. The number of methoxy groups -OCH3 is 1. The molecule has 0 fully saturated rings. The lowest BCUT2D eigenvalue weighted by atomic mass is 10.2. The molecular formula is C14H10Cl2N2OS. The van der Waals surface area contributed by atoms with Crippen LogP contribution in [0.4, 0.5) is 0 Å². The van der Waals surface area contributed by atoms with Crippen LogP contribution < -0.4 is 4.74 Å². The summed E-state index contributed by atoms with van der Waals surface area (Å²) >= 11 is 17.6. The number of rotatable bonds is 2. The van der Waals surface area contributed by atoms with E-state index in [1.165, 1.54) is 0 Å². The van der Waals surface area contributed by atoms with Gasteiger partial charge in [-0.1, -0.05) is 29.3 Å². The molecule has 0 radical (unpaired) electrons. The van der Waals surface area contributed by atoms with Crippen LogP contribution in [0.2, 0.25) is 10.0 Å². The van der Waals surface area contributed by atoms with Crippen molar-refractivity contribution in [3.8, 4) is 11.4 Å². The van der Waals surface area contributed by atoms with Gasteiger partial charge in [-0.2, -0.15) is 0 Å². The van der Waals surface area contributed by atoms with E-state index in [0.29, 0.717) is 20.6 Å². The van der Waals surface area contributed by atoms with Gasteiger partial charge in [0.15, 0.2) is 4.77 Å². The Balaban J connectivity index is 2.32. The van der Waals surface area contributed by atoms with E-state index in [9.17, 15) is 0 Å². The maximum absolute atomic E-state index is 6.18. The minimum atomic E-state index is 0.556. The largest absolute Gasteiger partial charge is 0.495 e. The first-order valence-corrected chi connectivity index (χ1v) is 7.01. The van der Waals surface area contributed by atoms with Gasteiger partial charge in [0.25, 0.3) is 0 Å². The number of nitrogens with zero attached hydrogens (tertiary/aromatic N) is 1. The van der Waals surface area contributed by atoms with E-state index in [-0.39, 0.29) is 0 Å². The Bertz CT molecular complexity index is 854. The summed E-state index contributed by atoms with van der Waals surface area (Å²) in [5, 5.41) is 1.19. The molecule has 0 aliphatic rings. The van der Waals surface area contributed by atoms with Gasteiger partial charge in [-0.05, 0) is 36.5 Å². The second kappa shape index (κ2) is 5.13. The summed E-state index contributed by atoms with van der Waals surface area (Å²) in [6.07, 6.45) is 0. The van der Waals surface area contributed by atoms with E-state index >= 15 is 0 Å². The molecule has 20 heavy (non-hydrogen) atoms. The van der Waals surface area contributed by atoms with Crippen molar-refractivity contribution < 1.29 is 4.74 Å². The summed E-state index contributed by atoms with van der Waals surface area (Å²) in [6, 6.07) is 11.2. The highest BCUT2D eigenvalue weighted by atomic mass is 35.5. The molecule has 3 nitrogen and oxygen atoms in total. The molecule has 0 aliphatic carbocycles. The molecule has 6 heteroatoms. The molecule has 0 spiro atoms. The first-order valence-electron chi connectivity index (χ1n) is 5.85. The first kappa shape index (κ1) is 13.5. The number of ether oxygens (including phenoxy) is 1. The smallest absolute Gasteiger partial charge is 0.182 e. The van der Waals surface area contributed by atoms with Crippen LogP contribution in [0.3, 0.4) is 0 Å². The SMILES string of the molecule is COc1cc(-n2c(=S)[nH]c3c(Cl)cccc32)ccc1Cl. The van der Waals surface area contributed by atoms with Crippen LogP contribution in [0.15, 0.2) is 36.4 Å². The van der Waals surface area contributed by atoms with E-state index in [4.69, 9.17) is 40.2 Å². The highest BCUT2D eigenvalue weighted by molar-refractivity contribution is 7.71. The van der Waals surface area contributed by atoms with Crippen molar-refractivity contribution in [1.29, 1.82) is 0 Å². The van der Waals surface area contributed by atoms with Gasteiger partial charge in [0, 0.05) is 6.07 Å². The fraction of sp³-hybridized carbons (Fsp3) is 0.0714. The van der Waals surface area contributed by atoms with Crippen LogP contribution >= 0.6 is 35.4 Å². The van der Waals surface area contributed by atoms with Crippen LogP contribution in [0, 0.1) is 4.77 Å². The molecule has 3 aromatic rings. The summed E-state index contributed by atoms with van der Waals surface area (Å²) in [5.41, 5.74) is 2.59. The van der Waals surface area contributed by atoms with Crippen LogP contribution in [-0.2, 0) is 0 Å². The predicted octanol–water partition coefficient (Wildman–Crippen LogP) is 5.00. The monoisotopic (exact) mass is 324 g/mol. The number of hydrogen-bond acceptors (Lipinski definition) is 2. The molecule has 0 amide bonds. The van der Waals surface area contributed by atoms with E-state index in [1.54, 1.807) is 13.2 Å². The van der Waals surface area contributed by atoms with E-state index in [0.717, 1.165) is 16.7 Å². The second-order valence-corrected chi connectivity index (χ2v) is 5.42. The quantitative estimate of drug-likeness (QED) is 0.672. The third-order valence-electron chi connectivity index (χ3n) is 3.06. The molecule has 102 valence electrons. The Morgan fingerprint density at radius 1 is 1.15 bits per heavy atom. The number of para-hydroxylation sites is 1. The van der Waals surface area contributed by atoms with Crippen molar-refractivity contribution in [3.05, 3.63) is 51.2 Å². The summed E-state index contributed by atoms with van der Waals surface area (Å²) in [5.74, 6) is 0.599. The lowest BCUT2D eigenvalue weighted by Crippen LogP contribution is -1.95. The predicted molar refractivity (Wildman–Crippen MR) is 85.0 cm³/mol. The van der Waals surface area contributed by atoms with Gasteiger partial charge in [0.05, 0.1) is 33.9 Å². The average Bonchev–Trinajstić information content (AvgIpc) is 2.77. The molecule has 0 saturated heterocycles. The van der Waals surface area contributed by atoms with E-state index in [1.807, 2.05) is 34.9 Å². The van der Waals surface area contributed by atoms with Gasteiger partial charge in [-0.15, -0.1) is 0 Å². The number of nitrogens with one attached hydrogen (secondary N) is 1. The van der Waals surface area contributed by atoms with E-state index in [2.05, 4.69) is 4.98 Å². The molecule has 3 rings (SSSR count). The fourth-order valence-electron chi connectivity index (χ4n) is 2.14. The molecule has 1 N–H and O–H groups in total. The summed E-state index contributed by atoms with van der Waals surface area (Å²) in [6.45, 7) is 0. The van der Waals surface area contributed by atoms with Gasteiger partial charge in [0.2, 0.25) is 0 Å². The Kier molecular flexibility index (Phi) is 3.46. The Morgan fingerprint density at radius 2 is 1.95 bits per heavy atom. The van der Waals surface area contributed by atoms with Crippen LogP contribution in [0.5, 0.6) is 5.75 Å². The van der Waals surface area contributed by atoms with Crippen molar-refractivity contribution in [2.75, 3.05) is 7.11 Å². The van der Waals surface area contributed by atoms with Crippen molar-refractivity contribution in [1.82, 2.24) is 9.55 Å². The number of aromatic amines is 1.